The molecular weight excluding hydrogens is 262 g/mol. The molecule has 5 heteroatoms. The smallest absolute Gasteiger partial charge is 0.150 e. The van der Waals surface area contributed by atoms with Gasteiger partial charge in [-0.25, -0.2) is 8.78 Å². The van der Waals surface area contributed by atoms with Crippen molar-refractivity contribution in [2.45, 2.75) is 32.1 Å². The summed E-state index contributed by atoms with van der Waals surface area (Å²) in [6, 6.07) is 3.74. The second-order valence-corrected chi connectivity index (χ2v) is 5.50. The van der Waals surface area contributed by atoms with E-state index in [4.69, 9.17) is 5.26 Å². The highest BCUT2D eigenvalue weighted by Crippen LogP contribution is 2.36. The van der Waals surface area contributed by atoms with E-state index in [1.165, 1.54) is 0 Å². The van der Waals surface area contributed by atoms with E-state index in [-0.39, 0.29) is 23.3 Å². The summed E-state index contributed by atoms with van der Waals surface area (Å²) in [7, 11) is 0. The van der Waals surface area contributed by atoms with Crippen molar-refractivity contribution < 1.29 is 13.9 Å². The quantitative estimate of drug-likeness (QED) is 0.890. The number of nitrogens with one attached hydrogen (secondary N) is 1. The van der Waals surface area contributed by atoms with Crippen molar-refractivity contribution in [3.8, 4) is 6.07 Å². The molecule has 3 nitrogen and oxygen atoms in total. The van der Waals surface area contributed by atoms with Crippen LogP contribution in [0.4, 0.5) is 14.5 Å². The molecule has 1 aromatic carbocycles. The fraction of sp³-hybridized carbons (Fsp3) is 0.533. The highest BCUT2D eigenvalue weighted by molar-refractivity contribution is 5.50. The Morgan fingerprint density at radius 1 is 1.20 bits per heavy atom. The van der Waals surface area contributed by atoms with E-state index in [1.54, 1.807) is 6.07 Å². The number of hydrogen-bond acceptors (Lipinski definition) is 3. The monoisotopic (exact) mass is 280 g/mol. The van der Waals surface area contributed by atoms with Crippen molar-refractivity contribution in [1.82, 2.24) is 0 Å². The van der Waals surface area contributed by atoms with E-state index in [0.29, 0.717) is 6.54 Å². The largest absolute Gasteiger partial charge is 0.396 e. The Bertz CT molecular complexity index is 496. The average molecular weight is 280 g/mol. The first-order valence-corrected chi connectivity index (χ1v) is 6.84. The highest BCUT2D eigenvalue weighted by atomic mass is 19.1. The van der Waals surface area contributed by atoms with Crippen molar-refractivity contribution in [3.63, 3.8) is 0 Å². The van der Waals surface area contributed by atoms with Gasteiger partial charge in [0.25, 0.3) is 0 Å². The number of rotatable bonds is 4. The first-order chi connectivity index (χ1) is 9.60. The normalized spacial score (nSPS) is 17.5. The standard InChI is InChI=1S/C15H18F2N2O/c16-12-6-11(8-18)7-13(17)14(12)19-9-15(10-20)4-2-1-3-5-15/h6-7,19-20H,1-5,9-10H2. The lowest BCUT2D eigenvalue weighted by Gasteiger charge is -2.36. The van der Waals surface area contributed by atoms with Crippen LogP contribution in [0.25, 0.3) is 0 Å². The molecule has 1 aliphatic rings. The average Bonchev–Trinajstić information content (AvgIpc) is 2.47. The minimum Gasteiger partial charge on any atom is -0.396 e. The lowest BCUT2D eigenvalue weighted by molar-refractivity contribution is 0.0942. The fourth-order valence-electron chi connectivity index (χ4n) is 2.78. The lowest BCUT2D eigenvalue weighted by atomic mass is 9.74. The molecule has 0 atom stereocenters. The maximum Gasteiger partial charge on any atom is 0.150 e. The molecule has 2 rings (SSSR count). The topological polar surface area (TPSA) is 56.0 Å². The number of aliphatic hydroxyl groups is 1. The zero-order valence-electron chi connectivity index (χ0n) is 11.3. The maximum absolute atomic E-state index is 13.8. The third-order valence-corrected chi connectivity index (χ3v) is 4.06. The molecule has 0 aliphatic heterocycles. The number of hydrogen-bond donors (Lipinski definition) is 2. The van der Waals surface area contributed by atoms with Crippen LogP contribution in [0, 0.1) is 28.4 Å². The van der Waals surface area contributed by atoms with Crippen LogP contribution in [0.2, 0.25) is 0 Å². The summed E-state index contributed by atoms with van der Waals surface area (Å²) in [5, 5.41) is 21.0. The van der Waals surface area contributed by atoms with Crippen molar-refractivity contribution in [1.29, 1.82) is 5.26 Å². The zero-order chi connectivity index (χ0) is 14.6. The van der Waals surface area contributed by atoms with Gasteiger partial charge in [0.2, 0.25) is 0 Å². The second-order valence-electron chi connectivity index (χ2n) is 5.50. The Labute approximate surface area is 117 Å². The number of halogens is 2. The first-order valence-electron chi connectivity index (χ1n) is 6.84. The Hall–Kier alpha value is -1.67. The van der Waals surface area contributed by atoms with E-state index >= 15 is 0 Å². The number of aliphatic hydroxyl groups excluding tert-OH is 1. The van der Waals surface area contributed by atoms with E-state index in [1.807, 2.05) is 0 Å². The van der Waals surface area contributed by atoms with E-state index in [2.05, 4.69) is 5.32 Å². The molecule has 0 radical (unpaired) electrons. The predicted molar refractivity (Wildman–Crippen MR) is 72.2 cm³/mol. The number of benzene rings is 1. The number of anilines is 1. The lowest BCUT2D eigenvalue weighted by Crippen LogP contribution is -2.35. The summed E-state index contributed by atoms with van der Waals surface area (Å²) >= 11 is 0. The molecule has 1 aliphatic carbocycles. The molecule has 0 aromatic heterocycles. The summed E-state index contributed by atoms with van der Waals surface area (Å²) in [4.78, 5) is 0. The van der Waals surface area contributed by atoms with Gasteiger partial charge < -0.3 is 10.4 Å². The van der Waals surface area contributed by atoms with Crippen LogP contribution >= 0.6 is 0 Å². The molecule has 0 heterocycles. The van der Waals surface area contributed by atoms with Crippen LogP contribution in [-0.4, -0.2) is 18.3 Å². The van der Waals surface area contributed by atoms with Crippen LogP contribution in [0.3, 0.4) is 0 Å². The van der Waals surface area contributed by atoms with Crippen LogP contribution in [0.5, 0.6) is 0 Å². The minimum atomic E-state index is -0.773. The first kappa shape index (κ1) is 14.7. The van der Waals surface area contributed by atoms with Crippen LogP contribution < -0.4 is 5.32 Å². The van der Waals surface area contributed by atoms with Crippen LogP contribution in [0.15, 0.2) is 12.1 Å². The summed E-state index contributed by atoms with van der Waals surface area (Å²) in [6.07, 6.45) is 4.91. The van der Waals surface area contributed by atoms with Gasteiger partial charge in [0.05, 0.1) is 18.2 Å². The summed E-state index contributed by atoms with van der Waals surface area (Å²) in [5.74, 6) is -1.55. The molecule has 0 bridgehead atoms. The van der Waals surface area contributed by atoms with Gasteiger partial charge in [0.1, 0.15) is 5.69 Å². The van der Waals surface area contributed by atoms with Gasteiger partial charge in [-0.05, 0) is 25.0 Å². The van der Waals surface area contributed by atoms with Gasteiger partial charge in [-0.2, -0.15) is 5.26 Å². The van der Waals surface area contributed by atoms with E-state index in [9.17, 15) is 13.9 Å². The Balaban J connectivity index is 2.12. The SMILES string of the molecule is N#Cc1cc(F)c(NCC2(CO)CCCCC2)c(F)c1. The summed E-state index contributed by atoms with van der Waals surface area (Å²) in [6.45, 7) is 0.350. The molecule has 2 N–H and O–H groups in total. The highest BCUT2D eigenvalue weighted by Gasteiger charge is 2.31. The van der Waals surface area contributed by atoms with Gasteiger partial charge in [-0.3, -0.25) is 0 Å². The third kappa shape index (κ3) is 3.07. The summed E-state index contributed by atoms with van der Waals surface area (Å²) < 4.78 is 27.5. The summed E-state index contributed by atoms with van der Waals surface area (Å²) in [5.41, 5.74) is -0.562. The van der Waals surface area contributed by atoms with Gasteiger partial charge in [-0.1, -0.05) is 19.3 Å². The van der Waals surface area contributed by atoms with Crippen molar-refractivity contribution in [2.75, 3.05) is 18.5 Å². The molecule has 108 valence electrons. The van der Waals surface area contributed by atoms with Gasteiger partial charge in [0, 0.05) is 12.0 Å². The van der Waals surface area contributed by atoms with Crippen molar-refractivity contribution in [3.05, 3.63) is 29.3 Å². The molecule has 1 aromatic rings. The van der Waals surface area contributed by atoms with Gasteiger partial charge in [0.15, 0.2) is 11.6 Å². The molecule has 0 spiro atoms. The molecule has 1 saturated carbocycles. The molecule has 0 saturated heterocycles. The Morgan fingerprint density at radius 3 is 2.30 bits per heavy atom. The van der Waals surface area contributed by atoms with E-state index < -0.39 is 11.6 Å². The van der Waals surface area contributed by atoms with E-state index in [0.717, 1.165) is 44.2 Å². The molecule has 0 unspecified atom stereocenters. The van der Waals surface area contributed by atoms with Gasteiger partial charge >= 0.3 is 0 Å². The van der Waals surface area contributed by atoms with Crippen LogP contribution in [0.1, 0.15) is 37.7 Å². The van der Waals surface area contributed by atoms with Gasteiger partial charge in [-0.15, -0.1) is 0 Å². The number of nitrogens with zero attached hydrogens (tertiary/aromatic N) is 1. The predicted octanol–water partition coefficient (Wildman–Crippen LogP) is 3.19. The Morgan fingerprint density at radius 2 is 1.80 bits per heavy atom. The fourth-order valence-corrected chi connectivity index (χ4v) is 2.78. The Kier molecular flexibility index (Phi) is 4.56. The van der Waals surface area contributed by atoms with Crippen LogP contribution in [-0.2, 0) is 0 Å². The zero-order valence-corrected chi connectivity index (χ0v) is 11.3. The second kappa shape index (κ2) is 6.19. The molecule has 20 heavy (non-hydrogen) atoms. The molecular formula is C15H18F2N2O. The molecule has 0 amide bonds. The minimum absolute atomic E-state index is 0.0134. The van der Waals surface area contributed by atoms with Crippen molar-refractivity contribution >= 4 is 5.69 Å². The number of nitriles is 1. The third-order valence-electron chi connectivity index (χ3n) is 4.06. The van der Waals surface area contributed by atoms with Crippen molar-refractivity contribution in [2.24, 2.45) is 5.41 Å². The maximum atomic E-state index is 13.8. The molecule has 1 fully saturated rings.